The van der Waals surface area contributed by atoms with Crippen LogP contribution in [-0.4, -0.2) is 96.7 Å². The van der Waals surface area contributed by atoms with Crippen molar-refractivity contribution in [1.29, 1.82) is 0 Å². The number of hydrogen-bond acceptors (Lipinski definition) is 12. The van der Waals surface area contributed by atoms with Crippen LogP contribution in [0, 0.1) is 17.3 Å². The molecule has 3 heterocycles. The van der Waals surface area contributed by atoms with Crippen molar-refractivity contribution in [3.05, 3.63) is 16.6 Å². The fraction of sp³-hybridized carbons (Fsp3) is 0.724. The Morgan fingerprint density at radius 2 is 1.88 bits per heavy atom. The molecule has 0 amide bonds. The molecule has 2 aliphatic heterocycles. The number of sulfone groups is 1. The molecule has 242 valence electrons. The molecule has 0 saturated carbocycles. The molecular weight excluding hydrogens is 617 g/mol. The second-order valence-electron chi connectivity index (χ2n) is 12.8. The molecule has 43 heavy (non-hydrogen) atoms. The van der Waals surface area contributed by atoms with Crippen LogP contribution in [-0.2, 0) is 34.5 Å². The van der Waals surface area contributed by atoms with Gasteiger partial charge in [0.2, 0.25) is 24.5 Å². The highest BCUT2D eigenvalue weighted by molar-refractivity contribution is 7.92. The number of hydrogen-bond donors (Lipinski definition) is 2. The first-order chi connectivity index (χ1) is 19.8. The maximum Gasteiger partial charge on any atom is 0.309 e. The van der Waals surface area contributed by atoms with Crippen LogP contribution < -0.4 is 0 Å². The van der Waals surface area contributed by atoms with Gasteiger partial charge in [-0.2, -0.15) is 8.42 Å². The maximum atomic E-state index is 13.4. The van der Waals surface area contributed by atoms with Crippen LogP contribution in [0.25, 0.3) is 6.08 Å². The van der Waals surface area contributed by atoms with Crippen molar-refractivity contribution in [2.75, 3.05) is 12.8 Å². The quantitative estimate of drug-likeness (QED) is 0.271. The lowest BCUT2D eigenvalue weighted by Gasteiger charge is -2.34. The lowest BCUT2D eigenvalue weighted by molar-refractivity contribution is -0.154. The van der Waals surface area contributed by atoms with E-state index in [1.807, 2.05) is 18.7 Å². The zero-order chi connectivity index (χ0) is 32.5. The molecule has 14 heteroatoms. The standard InChI is InChI=1S/C29H44N2O9S3/c1-17-9-8-10-29(6)22(31(29)11-12-42(36)37)14-21(18(2)13-20-16-41-27(30-20)43(7,38)39)40-24(33)15-23(32)28(4,5)26(35)19(3)25(17)34/h12-13,16-17,19,21-23,25,32,34H,8-11,14-15H2,1-7H3/b18-13+/t17-,19+,21-,22-,23-,25-,29+,31?/m0/s1. The first-order valence-electron chi connectivity index (χ1n) is 14.4. The number of nitrogens with zero attached hydrogens (tertiary/aromatic N) is 2. The summed E-state index contributed by atoms with van der Waals surface area (Å²) in [4.78, 5) is 32.8. The minimum atomic E-state index is -3.49. The predicted octanol–water partition coefficient (Wildman–Crippen LogP) is 2.54. The Morgan fingerprint density at radius 3 is 2.47 bits per heavy atom. The summed E-state index contributed by atoms with van der Waals surface area (Å²) in [5, 5.41) is 24.8. The first-order valence-corrected chi connectivity index (χ1v) is 18.3. The molecule has 0 radical (unpaired) electrons. The molecule has 2 fully saturated rings. The summed E-state index contributed by atoms with van der Waals surface area (Å²) >= 11 is 0.986. The van der Waals surface area contributed by atoms with Gasteiger partial charge >= 0.3 is 5.97 Å². The molecule has 8 atom stereocenters. The Morgan fingerprint density at radius 1 is 1.23 bits per heavy atom. The van der Waals surface area contributed by atoms with E-state index in [-0.39, 0.29) is 28.6 Å². The number of esters is 1. The average molecular weight is 661 g/mol. The van der Waals surface area contributed by atoms with Crippen molar-refractivity contribution in [3.8, 4) is 0 Å². The van der Waals surface area contributed by atoms with Gasteiger partial charge in [0.15, 0.2) is 0 Å². The number of carbonyl (C=O) groups is 2. The monoisotopic (exact) mass is 660 g/mol. The highest BCUT2D eigenvalue weighted by Gasteiger charge is 2.58. The summed E-state index contributed by atoms with van der Waals surface area (Å²) < 4.78 is 52.4. The number of thiazole rings is 1. The molecule has 0 aromatic carbocycles. The number of aliphatic hydroxyl groups is 2. The van der Waals surface area contributed by atoms with Crippen LogP contribution in [0.1, 0.15) is 79.3 Å². The molecular formula is C29H44N2O9S3. The third kappa shape index (κ3) is 8.40. The number of fused-ring (bicyclic) bond motifs is 1. The Balaban J connectivity index is 2.00. The van der Waals surface area contributed by atoms with E-state index in [1.165, 1.54) is 5.37 Å². The van der Waals surface area contributed by atoms with E-state index < -0.39 is 67.7 Å². The summed E-state index contributed by atoms with van der Waals surface area (Å²) in [7, 11) is -5.85. The van der Waals surface area contributed by atoms with Crippen LogP contribution in [0.2, 0.25) is 0 Å². The molecule has 0 aliphatic carbocycles. The maximum absolute atomic E-state index is 13.4. The van der Waals surface area contributed by atoms with Crippen molar-refractivity contribution < 1.29 is 41.4 Å². The Labute approximate surface area is 259 Å². The minimum Gasteiger partial charge on any atom is -0.458 e. The van der Waals surface area contributed by atoms with Gasteiger partial charge in [-0.3, -0.25) is 14.5 Å². The van der Waals surface area contributed by atoms with Gasteiger partial charge in [0.25, 0.3) is 0 Å². The summed E-state index contributed by atoms with van der Waals surface area (Å²) in [6.07, 6.45) is 1.54. The third-order valence-electron chi connectivity index (χ3n) is 9.18. The number of carbonyl (C=O) groups excluding carboxylic acids is 2. The van der Waals surface area contributed by atoms with E-state index >= 15 is 0 Å². The van der Waals surface area contributed by atoms with Crippen molar-refractivity contribution in [2.45, 2.75) is 108 Å². The number of aromatic nitrogens is 1. The fourth-order valence-electron chi connectivity index (χ4n) is 6.08. The van der Waals surface area contributed by atoms with E-state index in [1.54, 1.807) is 39.2 Å². The predicted molar refractivity (Wildman–Crippen MR) is 165 cm³/mol. The molecule has 2 aliphatic rings. The third-order valence-corrected chi connectivity index (χ3v) is 12.2. The first kappa shape index (κ1) is 35.5. The van der Waals surface area contributed by atoms with E-state index in [9.17, 15) is 36.6 Å². The number of cyclic esters (lactones) is 1. The van der Waals surface area contributed by atoms with Crippen LogP contribution in [0.3, 0.4) is 0 Å². The molecule has 1 unspecified atom stereocenters. The van der Waals surface area contributed by atoms with Gasteiger partial charge < -0.3 is 14.9 Å². The molecule has 0 spiro atoms. The van der Waals surface area contributed by atoms with Gasteiger partial charge in [-0.1, -0.05) is 34.1 Å². The summed E-state index contributed by atoms with van der Waals surface area (Å²) in [6, 6.07) is -0.148. The highest BCUT2D eigenvalue weighted by atomic mass is 32.2. The fourth-order valence-corrected chi connectivity index (χ4v) is 7.98. The van der Waals surface area contributed by atoms with E-state index in [0.717, 1.165) is 17.6 Å². The van der Waals surface area contributed by atoms with Gasteiger partial charge in [-0.15, -0.1) is 11.3 Å². The van der Waals surface area contributed by atoms with E-state index in [4.69, 9.17) is 4.74 Å². The number of ketones is 1. The highest BCUT2D eigenvalue weighted by Crippen LogP contribution is 2.48. The second kappa shape index (κ2) is 13.6. The zero-order valence-corrected chi connectivity index (χ0v) is 28.3. The van der Waals surface area contributed by atoms with Crippen molar-refractivity contribution in [2.24, 2.45) is 17.3 Å². The minimum absolute atomic E-state index is 0.0350. The van der Waals surface area contributed by atoms with Crippen molar-refractivity contribution in [3.63, 3.8) is 0 Å². The smallest absolute Gasteiger partial charge is 0.309 e. The van der Waals surface area contributed by atoms with Gasteiger partial charge in [0.05, 0.1) is 29.7 Å². The van der Waals surface area contributed by atoms with Gasteiger partial charge in [0.1, 0.15) is 11.9 Å². The Bertz CT molecular complexity index is 1470. The van der Waals surface area contributed by atoms with Crippen molar-refractivity contribution >= 4 is 54.7 Å². The summed E-state index contributed by atoms with van der Waals surface area (Å²) in [6.45, 7) is 10.6. The van der Waals surface area contributed by atoms with Gasteiger partial charge in [0, 0.05) is 47.5 Å². The molecule has 1 aromatic heterocycles. The number of aliphatic hydroxyl groups excluding tert-OH is 2. The van der Waals surface area contributed by atoms with Crippen LogP contribution >= 0.6 is 11.3 Å². The largest absolute Gasteiger partial charge is 0.458 e. The normalized spacial score (nSPS) is 34.6. The lowest BCUT2D eigenvalue weighted by atomic mass is 9.73. The van der Waals surface area contributed by atoms with Crippen molar-refractivity contribution in [1.82, 2.24) is 9.88 Å². The number of Topliss-reactive ketones (excluding diaryl/α,β-unsaturated/α-hetero) is 1. The number of ether oxygens (including phenoxy) is 1. The average Bonchev–Trinajstić information content (AvgIpc) is 3.20. The number of rotatable bonds is 5. The van der Waals surface area contributed by atoms with E-state index in [2.05, 4.69) is 4.98 Å². The molecule has 2 N–H and O–H groups in total. The Hall–Kier alpha value is -1.97. The van der Waals surface area contributed by atoms with Crippen LogP contribution in [0.15, 0.2) is 15.3 Å². The molecule has 0 bridgehead atoms. The molecule has 1 aromatic rings. The molecule has 11 nitrogen and oxygen atoms in total. The lowest BCUT2D eigenvalue weighted by Crippen LogP contribution is -2.45. The van der Waals surface area contributed by atoms with Gasteiger partial charge in [-0.05, 0) is 44.3 Å². The summed E-state index contributed by atoms with van der Waals surface area (Å²) in [5.74, 6) is -2.04. The summed E-state index contributed by atoms with van der Waals surface area (Å²) in [5.41, 5.74) is -0.740. The topological polar surface area (TPSA) is 168 Å². The van der Waals surface area contributed by atoms with Crippen LogP contribution in [0.4, 0.5) is 0 Å². The Kier molecular flexibility index (Phi) is 11.2. The molecule has 2 saturated heterocycles. The SMILES string of the molecule is C/C(=C\c1csc(S(C)(=O)=O)n1)[C@@H]1C[C@@H]2N(CC=S(=O)=O)[C@]2(C)CCC[C@H](C)[C@H](O)[C@@H](C)C(=O)C(C)(C)[C@@H](O)CC(=O)O1. The van der Waals surface area contributed by atoms with E-state index in [0.29, 0.717) is 37.0 Å². The second-order valence-corrected chi connectivity index (χ2v) is 16.7. The van der Waals surface area contributed by atoms with Crippen LogP contribution in [0.5, 0.6) is 0 Å². The molecule has 3 rings (SSSR count). The van der Waals surface area contributed by atoms with Gasteiger partial charge in [-0.25, -0.2) is 13.4 Å². The zero-order valence-electron chi connectivity index (χ0n) is 25.8.